The minimum Gasteiger partial charge on any atom is -0.495 e. The van der Waals surface area contributed by atoms with Gasteiger partial charge in [0.15, 0.2) is 5.78 Å². The van der Waals surface area contributed by atoms with Crippen LogP contribution in [0.25, 0.3) is 0 Å². The Bertz CT molecular complexity index is 4900. The van der Waals surface area contributed by atoms with Gasteiger partial charge in [-0.1, -0.05) is 95.1 Å². The number of nitrogens with zero attached hydrogens (tertiary/aromatic N) is 3. The molecule has 4 aromatic carbocycles. The van der Waals surface area contributed by atoms with Gasteiger partial charge in [-0.05, 0) is 171 Å². The quantitative estimate of drug-likeness (QED) is 0.0162. The molecule has 6 aliphatic rings. The maximum atomic E-state index is 16.2. The minimum absolute atomic E-state index is 0.0240. The standard InChI is InChI=1S/C94H123Cl2F2N11O22/c1-56(2)79(85(116)105-71(13-10-31-102-87(100)118)84(115)103-62-20-14-57(15-21-62)53-130-88(119)108-33-35-109(36-34-108)89(120)131-63-26-29-91(6)60(50-63)18-22-67-77(91)81(112)82(113)92(7)65(27-30-94(67,92)121)59-17-25-75(111)129-54-59)107-74(110)28-37-123-39-41-125-43-45-127-47-48-128-46-44-126-42-40-124-38-32-101-83(114)58-16-24-70(72(49-58)122-8)104-86(117)80-76(64-11-9-12-68(96)78(64)98)93(55-99,73(106-80)52-90(3,4)5)66-23-19-61(95)51-69(66)97/h9,11-12,14-17,19-21,23-25,49,51,54,56,60,63,65,67,71,73,76-77,79-81,106,112,121H,10,13,18,22,26-48,50,52-53H2,1-8H3,(H,101,114)(H,103,115)(H,104,117)(H,105,116)(H,107,110)(H3,100,102,118)/t60-,63+,65?,67-,71+,73+,76+,77-,79-,80-,81+,91+,92+,93+,94+/m1/s1. The third-order valence-corrected chi connectivity index (χ3v) is 27.1. The number of aliphatic hydroxyl groups excluding tert-OH is 1. The smallest absolute Gasteiger partial charge is 0.410 e. The molecule has 4 aliphatic carbocycles. The zero-order chi connectivity index (χ0) is 94.5. The normalized spacial score (nSPS) is 25.0. The van der Waals surface area contributed by atoms with Crippen LogP contribution in [0.1, 0.15) is 164 Å². The number of nitrogens with one attached hydrogen (secondary N) is 7. The van der Waals surface area contributed by atoms with Crippen molar-refractivity contribution in [3.63, 3.8) is 0 Å². The Morgan fingerprint density at radius 3 is 2.00 bits per heavy atom. The van der Waals surface area contributed by atoms with Crippen LogP contribution < -0.4 is 53.3 Å². The summed E-state index contributed by atoms with van der Waals surface area (Å²) < 4.78 is 88.5. The largest absolute Gasteiger partial charge is 0.495 e. The van der Waals surface area contributed by atoms with Gasteiger partial charge in [0.2, 0.25) is 23.6 Å². The van der Waals surface area contributed by atoms with E-state index in [9.17, 15) is 63.4 Å². The number of piperazine rings is 1. The van der Waals surface area contributed by atoms with Gasteiger partial charge in [0, 0.05) is 97.4 Å². The third kappa shape index (κ3) is 24.7. The van der Waals surface area contributed by atoms with Crippen LogP contribution in [0.15, 0.2) is 106 Å². The van der Waals surface area contributed by atoms with E-state index in [2.05, 4.69) is 50.2 Å². The number of hydrogen-bond donors (Lipinski definition) is 10. The number of nitrogens with two attached hydrogens (primary N) is 1. The van der Waals surface area contributed by atoms with Gasteiger partial charge in [0.05, 0.1) is 126 Å². The molecule has 33 nitrogen and oxygen atoms in total. The zero-order valence-corrected chi connectivity index (χ0v) is 76.9. The van der Waals surface area contributed by atoms with Crippen LogP contribution in [-0.4, -0.2) is 241 Å². The molecule has 37 heteroatoms. The van der Waals surface area contributed by atoms with Crippen LogP contribution in [-0.2, 0) is 73.9 Å². The topological polar surface area (TPSA) is 448 Å². The number of aliphatic hydroxyl groups is 2. The van der Waals surface area contributed by atoms with E-state index in [-0.39, 0.29) is 174 Å². The molecule has 2 aliphatic heterocycles. The summed E-state index contributed by atoms with van der Waals surface area (Å²) in [6.07, 6.45) is 2.97. The average molecular weight is 1870 g/mol. The van der Waals surface area contributed by atoms with Gasteiger partial charge < -0.3 is 110 Å². The first-order valence-electron chi connectivity index (χ1n) is 44.8. The number of halogens is 4. The number of fused-ring (bicyclic) bond motifs is 5. The third-order valence-electron chi connectivity index (χ3n) is 26.6. The fraction of sp³-hybridized carbons (Fsp3) is 0.585. The maximum absolute atomic E-state index is 16.2. The van der Waals surface area contributed by atoms with Crippen molar-refractivity contribution in [2.24, 2.45) is 45.7 Å². The van der Waals surface area contributed by atoms with E-state index in [4.69, 9.17) is 76.0 Å². The Labute approximate surface area is 770 Å². The second-order valence-electron chi connectivity index (χ2n) is 36.4. The fourth-order valence-corrected chi connectivity index (χ4v) is 20.2. The second kappa shape index (κ2) is 46.1. The Balaban J connectivity index is 0.509. The van der Waals surface area contributed by atoms with Gasteiger partial charge in [0.25, 0.3) is 5.91 Å². The first-order chi connectivity index (χ1) is 62.5. The second-order valence-corrected chi connectivity index (χ2v) is 37.2. The molecule has 0 spiro atoms. The van der Waals surface area contributed by atoms with E-state index in [0.29, 0.717) is 88.4 Å². The van der Waals surface area contributed by atoms with Crippen LogP contribution in [0.5, 0.6) is 5.75 Å². The highest BCUT2D eigenvalue weighted by atomic mass is 35.5. The van der Waals surface area contributed by atoms with E-state index in [1.165, 1.54) is 72.9 Å². The molecule has 6 fully saturated rings. The lowest BCUT2D eigenvalue weighted by molar-refractivity contribution is -0.228. The van der Waals surface area contributed by atoms with Crippen molar-refractivity contribution >= 4 is 88.1 Å². The molecule has 2 saturated heterocycles. The molecule has 4 saturated carbocycles. The van der Waals surface area contributed by atoms with Gasteiger partial charge in [-0.3, -0.25) is 28.8 Å². The molecule has 11 rings (SSSR count). The van der Waals surface area contributed by atoms with Crippen molar-refractivity contribution < 1.29 is 109 Å². The summed E-state index contributed by atoms with van der Waals surface area (Å²) in [5, 5.41) is 55.4. The van der Waals surface area contributed by atoms with E-state index in [1.54, 1.807) is 56.0 Å². The Morgan fingerprint density at radius 2 is 1.39 bits per heavy atom. The van der Waals surface area contributed by atoms with Gasteiger partial charge >= 0.3 is 23.8 Å². The number of carbonyl (C=O) groups is 9. The number of primary amides is 1. The number of urea groups is 1. The van der Waals surface area contributed by atoms with Crippen molar-refractivity contribution in [1.29, 1.82) is 5.26 Å². The number of amides is 9. The van der Waals surface area contributed by atoms with Crippen LogP contribution >= 0.6 is 23.2 Å². The number of nitriles is 1. The van der Waals surface area contributed by atoms with Crippen LogP contribution in [0, 0.1) is 62.9 Å². The molecule has 1 aromatic heterocycles. The Kier molecular flexibility index (Phi) is 35.8. The van der Waals surface area contributed by atoms with E-state index < -0.39 is 152 Å². The minimum atomic E-state index is -1.84. The van der Waals surface area contributed by atoms with E-state index in [0.717, 1.165) is 12.5 Å². The lowest BCUT2D eigenvalue weighted by Crippen LogP contribution is -2.70. The molecule has 131 heavy (non-hydrogen) atoms. The van der Waals surface area contributed by atoms with Gasteiger partial charge in [-0.2, -0.15) is 5.26 Å². The predicted octanol–water partition coefficient (Wildman–Crippen LogP) is 9.98. The number of rotatable bonds is 42. The molecule has 9 amide bonds. The van der Waals surface area contributed by atoms with E-state index in [1.807, 2.05) is 20.8 Å². The molecule has 15 atom stereocenters. The number of ether oxygens (including phenoxy) is 9. The van der Waals surface area contributed by atoms with Crippen molar-refractivity contribution in [1.82, 2.24) is 36.4 Å². The molecular formula is C94H123Cl2F2N11O22. The predicted molar refractivity (Wildman–Crippen MR) is 478 cm³/mol. The number of carbonyl (C=O) groups excluding carboxylic acids is 9. The van der Waals surface area contributed by atoms with Crippen molar-refractivity contribution in [3.8, 4) is 11.8 Å². The molecular weight excluding hydrogens is 1740 g/mol. The number of anilines is 2. The molecule has 5 aromatic rings. The summed E-state index contributed by atoms with van der Waals surface area (Å²) >= 11 is 12.5. The van der Waals surface area contributed by atoms with Crippen molar-refractivity contribution in [3.05, 3.63) is 157 Å². The highest BCUT2D eigenvalue weighted by Crippen LogP contribution is 2.70. The van der Waals surface area contributed by atoms with Crippen LogP contribution in [0.3, 0.4) is 0 Å². The fourth-order valence-electron chi connectivity index (χ4n) is 19.9. The number of ketones is 1. The molecule has 1 unspecified atom stereocenters. The zero-order valence-electron chi connectivity index (χ0n) is 75.4. The number of benzene rings is 4. The average Bonchev–Trinajstić information content (AvgIpc) is 1.58. The van der Waals surface area contributed by atoms with Crippen LogP contribution in [0.4, 0.5) is 34.5 Å². The summed E-state index contributed by atoms with van der Waals surface area (Å²) in [5.41, 5.74) is 1.18. The van der Waals surface area contributed by atoms with Crippen LogP contribution in [0.2, 0.25) is 10.0 Å². The van der Waals surface area contributed by atoms with Gasteiger partial charge in [-0.15, -0.1) is 0 Å². The van der Waals surface area contributed by atoms with Gasteiger partial charge in [-0.25, -0.2) is 28.0 Å². The first kappa shape index (κ1) is 102. The summed E-state index contributed by atoms with van der Waals surface area (Å²) in [6, 6.07) is 19.3. The summed E-state index contributed by atoms with van der Waals surface area (Å²) in [4.78, 5) is 136. The Morgan fingerprint density at radius 1 is 0.740 bits per heavy atom. The number of Topliss-reactive ketones (excluding diaryl/α,β-unsaturated/α-hetero) is 1. The SMILES string of the molecule is COc1cc(C(=O)NCCOCCOCCOCCOCCOCCOCCC(=O)N[C@@H](C(=O)N[C@@H](CCCNC(N)=O)C(=O)Nc2ccc(COC(=O)N3CCN(C(=O)O[C@H]4CC[C@@]5(C)[C@H](CC[C@@H]6[C@@H]5[C@H](O)C(=O)[C@]5(C)C(c7ccc(=O)oc7)CC[C@]65O)C4)CC3)cc2)C(C)C)ccc1NC(=O)[C@@H]1N[C@@H](CC(C)(C)C)[C@](C#N)(c2ccc(Cl)cc2F)[C@H]1c1cccc(Cl)c1F. The first-order valence-corrected chi connectivity index (χ1v) is 45.5. The molecule has 714 valence electrons. The summed E-state index contributed by atoms with van der Waals surface area (Å²) in [6.45, 7) is 17.1. The highest BCUT2D eigenvalue weighted by molar-refractivity contribution is 6.31. The number of hydrogen-bond acceptors (Lipinski definition) is 24. The Hall–Kier alpha value is -9.97. The monoisotopic (exact) mass is 1870 g/mol. The lowest BCUT2D eigenvalue weighted by atomic mass is 9.42. The molecule has 0 radical (unpaired) electrons. The number of methoxy groups -OCH3 is 1. The van der Waals surface area contributed by atoms with Crippen molar-refractivity contribution in [2.75, 3.05) is 136 Å². The maximum Gasteiger partial charge on any atom is 0.410 e. The summed E-state index contributed by atoms with van der Waals surface area (Å²) in [5.74, 6) is -7.64. The molecule has 3 heterocycles. The lowest BCUT2D eigenvalue weighted by Gasteiger charge is -2.64. The summed E-state index contributed by atoms with van der Waals surface area (Å²) in [7, 11) is 1.36. The highest BCUT2D eigenvalue weighted by Gasteiger charge is 2.74. The molecule has 0 bridgehead atoms. The van der Waals surface area contributed by atoms with Crippen molar-refractivity contribution in [2.45, 2.75) is 185 Å². The molecule has 11 N–H and O–H groups in total. The van der Waals surface area contributed by atoms with Gasteiger partial charge in [0.1, 0.15) is 53.7 Å². The van der Waals surface area contributed by atoms with E-state index >= 15 is 8.78 Å².